The Bertz CT molecular complexity index is 689. The van der Waals surface area contributed by atoms with Gasteiger partial charge in [0, 0.05) is 51.1 Å². The number of likely N-dealkylation sites (tertiary alicyclic amines) is 1. The molecule has 0 spiro atoms. The Labute approximate surface area is 157 Å². The average Bonchev–Trinajstić information content (AvgIpc) is 2.61. The van der Waals surface area contributed by atoms with Gasteiger partial charge in [-0.15, -0.1) is 0 Å². The fourth-order valence-electron chi connectivity index (χ4n) is 3.80. The van der Waals surface area contributed by atoms with Gasteiger partial charge in [0.2, 0.25) is 0 Å². The summed E-state index contributed by atoms with van der Waals surface area (Å²) in [6, 6.07) is 2.45. The van der Waals surface area contributed by atoms with Crippen LogP contribution in [0.5, 0.6) is 0 Å². The molecule has 0 aliphatic carbocycles. The number of nitrogens with zero attached hydrogens (tertiary/aromatic N) is 4. The number of aromatic nitrogens is 2. The number of hydrogen-bond donors (Lipinski definition) is 1. The van der Waals surface area contributed by atoms with Crippen LogP contribution in [0, 0.1) is 5.92 Å². The van der Waals surface area contributed by atoms with Gasteiger partial charge in [-0.2, -0.15) is 0 Å². The first-order chi connectivity index (χ1) is 12.4. The van der Waals surface area contributed by atoms with E-state index < -0.39 is 9.84 Å². The quantitative estimate of drug-likeness (QED) is 0.802. The molecular weight excluding hydrogens is 350 g/mol. The minimum Gasteiger partial charge on any atom is -0.367 e. The molecule has 0 saturated carbocycles. The van der Waals surface area contributed by atoms with E-state index in [2.05, 4.69) is 38.1 Å². The molecule has 1 atom stereocenters. The number of anilines is 2. The van der Waals surface area contributed by atoms with Gasteiger partial charge < -0.3 is 15.1 Å². The molecule has 1 unspecified atom stereocenters. The van der Waals surface area contributed by atoms with Crippen LogP contribution >= 0.6 is 0 Å². The average molecular weight is 382 g/mol. The molecule has 3 heterocycles. The highest BCUT2D eigenvalue weighted by Crippen LogP contribution is 2.23. The van der Waals surface area contributed by atoms with E-state index in [1.54, 1.807) is 6.33 Å². The normalized spacial score (nSPS) is 23.2. The molecule has 2 aliphatic rings. The molecule has 8 heteroatoms. The molecule has 26 heavy (non-hydrogen) atoms. The zero-order chi connectivity index (χ0) is 18.6. The summed E-state index contributed by atoms with van der Waals surface area (Å²) in [6.45, 7) is 6.92. The van der Waals surface area contributed by atoms with Crippen LogP contribution in [0.1, 0.15) is 32.6 Å². The molecule has 1 N–H and O–H groups in total. The Kier molecular flexibility index (Phi) is 6.34. The molecule has 146 valence electrons. The monoisotopic (exact) mass is 381 g/mol. The fraction of sp³-hybridized carbons (Fsp3) is 0.778. The van der Waals surface area contributed by atoms with E-state index in [1.807, 2.05) is 0 Å². The molecule has 0 aromatic carbocycles. The molecule has 2 saturated heterocycles. The first-order valence-corrected chi connectivity index (χ1v) is 11.7. The first-order valence-electron chi connectivity index (χ1n) is 9.62. The highest BCUT2D eigenvalue weighted by Gasteiger charge is 2.21. The summed E-state index contributed by atoms with van der Waals surface area (Å²) in [5.41, 5.74) is 0. The van der Waals surface area contributed by atoms with Crippen molar-refractivity contribution in [2.45, 2.75) is 38.6 Å². The van der Waals surface area contributed by atoms with Crippen LogP contribution in [0.15, 0.2) is 12.4 Å². The zero-order valence-corrected chi connectivity index (χ0v) is 16.7. The van der Waals surface area contributed by atoms with Crippen molar-refractivity contribution in [2.24, 2.45) is 5.92 Å². The number of hydrogen-bond acceptors (Lipinski definition) is 7. The van der Waals surface area contributed by atoms with Crippen molar-refractivity contribution in [3.63, 3.8) is 0 Å². The van der Waals surface area contributed by atoms with Crippen molar-refractivity contribution in [2.75, 3.05) is 54.9 Å². The van der Waals surface area contributed by atoms with Crippen LogP contribution in [0.4, 0.5) is 11.6 Å². The maximum Gasteiger partial charge on any atom is 0.148 e. The van der Waals surface area contributed by atoms with Gasteiger partial charge in [0.05, 0.1) is 5.75 Å². The van der Waals surface area contributed by atoms with Crippen LogP contribution in [0.2, 0.25) is 0 Å². The minimum absolute atomic E-state index is 0.245. The number of sulfone groups is 1. The largest absolute Gasteiger partial charge is 0.367 e. The molecular formula is C18H31N5O2S. The minimum atomic E-state index is -2.88. The Morgan fingerprint density at radius 1 is 1.19 bits per heavy atom. The highest BCUT2D eigenvalue weighted by atomic mass is 32.2. The molecule has 3 rings (SSSR count). The van der Waals surface area contributed by atoms with Gasteiger partial charge in [0.25, 0.3) is 0 Å². The van der Waals surface area contributed by atoms with Crippen molar-refractivity contribution in [3.8, 4) is 0 Å². The molecule has 0 amide bonds. The predicted molar refractivity (Wildman–Crippen MR) is 105 cm³/mol. The number of rotatable bonds is 6. The maximum absolute atomic E-state index is 11.3. The van der Waals surface area contributed by atoms with Crippen LogP contribution in [-0.4, -0.2) is 74.1 Å². The number of piperidine rings is 2. The van der Waals surface area contributed by atoms with Crippen LogP contribution in [0.25, 0.3) is 0 Å². The van der Waals surface area contributed by atoms with Gasteiger partial charge >= 0.3 is 0 Å². The Morgan fingerprint density at radius 3 is 2.65 bits per heavy atom. The van der Waals surface area contributed by atoms with Crippen molar-refractivity contribution in [3.05, 3.63) is 12.4 Å². The molecule has 2 aliphatic heterocycles. The summed E-state index contributed by atoms with van der Waals surface area (Å²) in [7, 11) is -2.88. The predicted octanol–water partition coefficient (Wildman–Crippen LogP) is 1.63. The highest BCUT2D eigenvalue weighted by molar-refractivity contribution is 7.90. The molecule has 7 nitrogen and oxygen atoms in total. The van der Waals surface area contributed by atoms with E-state index in [9.17, 15) is 8.42 Å². The van der Waals surface area contributed by atoms with Gasteiger partial charge in [-0.05, 0) is 31.6 Å². The lowest BCUT2D eigenvalue weighted by Crippen LogP contribution is -2.41. The third-order valence-electron chi connectivity index (χ3n) is 5.35. The lowest BCUT2D eigenvalue weighted by molar-refractivity contribution is 0.230. The van der Waals surface area contributed by atoms with E-state index in [0.717, 1.165) is 50.7 Å². The van der Waals surface area contributed by atoms with Gasteiger partial charge in [-0.1, -0.05) is 6.92 Å². The summed E-state index contributed by atoms with van der Waals surface area (Å²) in [5, 5.41) is 3.54. The SMILES string of the molecule is CC1CCCN(c2cc(NC3CCN(CCS(C)(=O)=O)CC3)ncn2)C1. The van der Waals surface area contributed by atoms with Crippen LogP contribution in [-0.2, 0) is 9.84 Å². The second-order valence-corrected chi connectivity index (χ2v) is 10.1. The second-order valence-electron chi connectivity index (χ2n) is 7.84. The smallest absolute Gasteiger partial charge is 0.148 e. The van der Waals surface area contributed by atoms with Crippen molar-refractivity contribution in [1.29, 1.82) is 0 Å². The van der Waals surface area contributed by atoms with Gasteiger partial charge in [-0.3, -0.25) is 0 Å². The Morgan fingerprint density at radius 2 is 1.96 bits per heavy atom. The lowest BCUT2D eigenvalue weighted by Gasteiger charge is -2.33. The summed E-state index contributed by atoms with van der Waals surface area (Å²) < 4.78 is 22.6. The zero-order valence-electron chi connectivity index (χ0n) is 15.9. The summed E-state index contributed by atoms with van der Waals surface area (Å²) in [5.74, 6) is 2.86. The van der Waals surface area contributed by atoms with Crippen molar-refractivity contribution in [1.82, 2.24) is 14.9 Å². The van der Waals surface area contributed by atoms with E-state index in [1.165, 1.54) is 19.1 Å². The number of nitrogens with one attached hydrogen (secondary N) is 1. The summed E-state index contributed by atoms with van der Waals surface area (Å²) in [6.07, 6.45) is 7.48. The molecule has 1 aromatic heterocycles. The lowest BCUT2D eigenvalue weighted by atomic mass is 10.0. The van der Waals surface area contributed by atoms with Gasteiger partial charge in [0.15, 0.2) is 0 Å². The van der Waals surface area contributed by atoms with Crippen molar-refractivity contribution < 1.29 is 8.42 Å². The van der Waals surface area contributed by atoms with Crippen LogP contribution in [0.3, 0.4) is 0 Å². The van der Waals surface area contributed by atoms with Gasteiger partial charge in [-0.25, -0.2) is 18.4 Å². The van der Waals surface area contributed by atoms with E-state index in [-0.39, 0.29) is 5.75 Å². The second kappa shape index (κ2) is 8.52. The Hall–Kier alpha value is -1.41. The molecule has 0 radical (unpaired) electrons. The third kappa shape index (κ3) is 5.81. The maximum atomic E-state index is 11.3. The topological polar surface area (TPSA) is 78.4 Å². The Balaban J connectivity index is 1.50. The van der Waals surface area contributed by atoms with E-state index in [4.69, 9.17) is 0 Å². The standard InChI is InChI=1S/C18H31N5O2S/c1-15-4-3-7-23(13-15)18-12-17(19-14-20-18)21-16-5-8-22(9-6-16)10-11-26(2,24)25/h12,14-16H,3-11,13H2,1-2H3,(H,19,20,21). The van der Waals surface area contributed by atoms with Gasteiger partial charge in [0.1, 0.15) is 27.8 Å². The van der Waals surface area contributed by atoms with E-state index >= 15 is 0 Å². The molecule has 0 bridgehead atoms. The van der Waals surface area contributed by atoms with Crippen LogP contribution < -0.4 is 10.2 Å². The summed E-state index contributed by atoms with van der Waals surface area (Å²) >= 11 is 0. The molecule has 2 fully saturated rings. The fourth-order valence-corrected chi connectivity index (χ4v) is 4.39. The summed E-state index contributed by atoms with van der Waals surface area (Å²) in [4.78, 5) is 13.4. The molecule has 1 aromatic rings. The first kappa shape index (κ1) is 19.4. The van der Waals surface area contributed by atoms with E-state index in [0.29, 0.717) is 18.5 Å². The van der Waals surface area contributed by atoms with Crippen molar-refractivity contribution >= 4 is 21.5 Å². The third-order valence-corrected chi connectivity index (χ3v) is 6.28.